The van der Waals surface area contributed by atoms with Crippen LogP contribution in [0.3, 0.4) is 0 Å². The summed E-state index contributed by atoms with van der Waals surface area (Å²) < 4.78 is 0. The summed E-state index contributed by atoms with van der Waals surface area (Å²) in [7, 11) is 0. The van der Waals surface area contributed by atoms with Crippen LogP contribution in [0.15, 0.2) is 170 Å². The molecule has 10 rings (SSSR count). The number of nitrogens with zero attached hydrogens (tertiary/aromatic N) is 2. The van der Waals surface area contributed by atoms with Crippen molar-refractivity contribution < 1.29 is 0 Å². The van der Waals surface area contributed by atoms with Gasteiger partial charge in [-0.15, -0.1) is 0 Å². The summed E-state index contributed by atoms with van der Waals surface area (Å²) in [5.74, 6) is 0. The molecule has 8 aromatic rings. The molecular weight excluding hydrogens is 569 g/mol. The Labute approximate surface area is 273 Å². The maximum absolute atomic E-state index is 4.88. The van der Waals surface area contributed by atoms with Gasteiger partial charge in [0, 0.05) is 29.7 Å². The predicted octanol–water partition coefficient (Wildman–Crippen LogP) is 11.0. The van der Waals surface area contributed by atoms with Crippen LogP contribution in [0.1, 0.15) is 22.3 Å². The Bertz CT molecular complexity index is 2510. The van der Waals surface area contributed by atoms with Crippen LogP contribution < -0.4 is 0 Å². The van der Waals surface area contributed by atoms with Gasteiger partial charge >= 0.3 is 0 Å². The highest BCUT2D eigenvalue weighted by molar-refractivity contribution is 6.06. The van der Waals surface area contributed by atoms with E-state index in [0.717, 1.165) is 22.4 Å². The largest absolute Gasteiger partial charge is 0.264 e. The van der Waals surface area contributed by atoms with Crippen molar-refractivity contribution in [3.8, 4) is 55.8 Å². The Morgan fingerprint density at radius 2 is 1.09 bits per heavy atom. The average molecular weight is 597 g/mol. The molecule has 2 aromatic heterocycles. The van der Waals surface area contributed by atoms with E-state index in [9.17, 15) is 0 Å². The van der Waals surface area contributed by atoms with E-state index < -0.39 is 5.41 Å². The van der Waals surface area contributed by atoms with Gasteiger partial charge < -0.3 is 0 Å². The molecule has 2 aliphatic carbocycles. The van der Waals surface area contributed by atoms with Crippen molar-refractivity contribution in [2.24, 2.45) is 0 Å². The van der Waals surface area contributed by atoms with Crippen molar-refractivity contribution in [3.63, 3.8) is 0 Å². The number of aromatic nitrogens is 2. The molecule has 218 valence electrons. The van der Waals surface area contributed by atoms with Gasteiger partial charge in [0.05, 0.1) is 11.1 Å². The van der Waals surface area contributed by atoms with Crippen LogP contribution >= 0.6 is 0 Å². The van der Waals surface area contributed by atoms with Crippen molar-refractivity contribution in [2.75, 3.05) is 0 Å². The first-order valence-electron chi connectivity index (χ1n) is 16.1. The van der Waals surface area contributed by atoms with Gasteiger partial charge in [0.2, 0.25) is 0 Å². The quantitative estimate of drug-likeness (QED) is 0.198. The molecular formula is C45H28N2. The molecule has 0 fully saturated rings. The van der Waals surface area contributed by atoms with Crippen LogP contribution in [-0.4, -0.2) is 9.97 Å². The van der Waals surface area contributed by atoms with E-state index in [-0.39, 0.29) is 0 Å². The van der Waals surface area contributed by atoms with Gasteiger partial charge in [0.15, 0.2) is 0 Å². The summed E-state index contributed by atoms with van der Waals surface area (Å²) in [6.07, 6.45) is 5.66. The third kappa shape index (κ3) is 3.61. The number of benzene rings is 6. The molecule has 2 heterocycles. The Morgan fingerprint density at radius 1 is 0.404 bits per heavy atom. The van der Waals surface area contributed by atoms with Gasteiger partial charge in [0.25, 0.3) is 0 Å². The van der Waals surface area contributed by atoms with Crippen LogP contribution in [0.25, 0.3) is 66.5 Å². The maximum Gasteiger partial charge on any atom is 0.0725 e. The SMILES string of the molecule is c1cncc(-c2ccc(-c3ccc4c(c3)C3(c5ccccc5-c5ccccc5-4)c4ccccc4-c4c3ccc3ccccc43)cn2)c1. The zero-order valence-electron chi connectivity index (χ0n) is 25.6. The molecule has 0 saturated carbocycles. The molecule has 6 aromatic carbocycles. The molecule has 0 bridgehead atoms. The highest BCUT2D eigenvalue weighted by Gasteiger charge is 2.50. The fourth-order valence-corrected chi connectivity index (χ4v) is 8.29. The van der Waals surface area contributed by atoms with E-state index in [2.05, 4.69) is 151 Å². The molecule has 0 radical (unpaired) electrons. The zero-order valence-corrected chi connectivity index (χ0v) is 25.6. The lowest BCUT2D eigenvalue weighted by molar-refractivity contribution is 0.776. The summed E-state index contributed by atoms with van der Waals surface area (Å²) in [6.45, 7) is 0. The molecule has 0 saturated heterocycles. The minimum absolute atomic E-state index is 0.528. The molecule has 2 heteroatoms. The Balaban J connectivity index is 1.33. The number of pyridine rings is 2. The minimum atomic E-state index is -0.528. The predicted molar refractivity (Wildman–Crippen MR) is 192 cm³/mol. The van der Waals surface area contributed by atoms with Crippen molar-refractivity contribution in [1.29, 1.82) is 0 Å². The lowest BCUT2D eigenvalue weighted by Crippen LogP contribution is -2.29. The molecule has 0 amide bonds. The standard InChI is InChI=1S/C45H28N2/c1-2-12-33-29(10-1)20-23-41-44(33)38-16-6-8-18-40(38)45(41)39-17-7-5-15-36(39)34-13-3-4-14-35(34)37-22-19-30(26-42(37)45)31-21-24-43(47-28-31)32-11-9-25-46-27-32/h1-28H. The lowest BCUT2D eigenvalue weighted by Gasteiger charge is -2.35. The molecule has 0 aliphatic heterocycles. The van der Waals surface area contributed by atoms with Crippen molar-refractivity contribution in [1.82, 2.24) is 9.97 Å². The Morgan fingerprint density at radius 3 is 1.85 bits per heavy atom. The van der Waals surface area contributed by atoms with Gasteiger partial charge in [-0.2, -0.15) is 0 Å². The van der Waals surface area contributed by atoms with E-state index in [1.165, 1.54) is 66.4 Å². The first-order chi connectivity index (χ1) is 23.3. The van der Waals surface area contributed by atoms with Gasteiger partial charge in [-0.05, 0) is 96.2 Å². The van der Waals surface area contributed by atoms with Gasteiger partial charge in [-0.3, -0.25) is 9.97 Å². The topological polar surface area (TPSA) is 25.8 Å². The third-order valence-corrected chi connectivity index (χ3v) is 10.2. The van der Waals surface area contributed by atoms with Crippen molar-refractivity contribution in [3.05, 3.63) is 193 Å². The summed E-state index contributed by atoms with van der Waals surface area (Å²) in [5.41, 5.74) is 16.6. The molecule has 1 atom stereocenters. The van der Waals surface area contributed by atoms with Crippen molar-refractivity contribution in [2.45, 2.75) is 5.41 Å². The molecule has 1 unspecified atom stereocenters. The summed E-state index contributed by atoms with van der Waals surface area (Å²) in [4.78, 5) is 9.17. The zero-order chi connectivity index (χ0) is 31.0. The van der Waals surface area contributed by atoms with Crippen LogP contribution in [-0.2, 0) is 5.41 Å². The fourth-order valence-electron chi connectivity index (χ4n) is 8.29. The van der Waals surface area contributed by atoms with E-state index in [4.69, 9.17) is 4.98 Å². The van der Waals surface area contributed by atoms with Gasteiger partial charge in [-0.25, -0.2) is 0 Å². The lowest BCUT2D eigenvalue weighted by atomic mass is 9.65. The second-order valence-corrected chi connectivity index (χ2v) is 12.5. The summed E-state index contributed by atoms with van der Waals surface area (Å²) >= 11 is 0. The second kappa shape index (κ2) is 9.94. The highest BCUT2D eigenvalue weighted by atomic mass is 14.7. The van der Waals surface area contributed by atoms with E-state index >= 15 is 0 Å². The van der Waals surface area contributed by atoms with E-state index in [1.54, 1.807) is 6.20 Å². The van der Waals surface area contributed by atoms with E-state index in [1.807, 2.05) is 18.5 Å². The maximum atomic E-state index is 4.88. The van der Waals surface area contributed by atoms with Crippen LogP contribution in [0, 0.1) is 0 Å². The molecule has 0 N–H and O–H groups in total. The fraction of sp³-hybridized carbons (Fsp3) is 0.0222. The second-order valence-electron chi connectivity index (χ2n) is 12.5. The number of hydrogen-bond acceptors (Lipinski definition) is 2. The number of fused-ring (bicyclic) bond motifs is 14. The average Bonchev–Trinajstić information content (AvgIpc) is 3.41. The highest BCUT2D eigenvalue weighted by Crippen LogP contribution is 2.62. The Kier molecular flexibility index (Phi) is 5.53. The molecule has 47 heavy (non-hydrogen) atoms. The van der Waals surface area contributed by atoms with Crippen LogP contribution in [0.2, 0.25) is 0 Å². The van der Waals surface area contributed by atoms with Crippen LogP contribution in [0.4, 0.5) is 0 Å². The summed E-state index contributed by atoms with van der Waals surface area (Å²) in [5, 5.41) is 2.55. The first-order valence-corrected chi connectivity index (χ1v) is 16.1. The number of rotatable bonds is 2. The van der Waals surface area contributed by atoms with Crippen LogP contribution in [0.5, 0.6) is 0 Å². The normalized spacial score (nSPS) is 15.3. The first kappa shape index (κ1) is 26.1. The summed E-state index contributed by atoms with van der Waals surface area (Å²) in [6, 6.07) is 55.9. The molecule has 2 aliphatic rings. The third-order valence-electron chi connectivity index (χ3n) is 10.2. The smallest absolute Gasteiger partial charge is 0.0725 e. The molecule has 2 nitrogen and oxygen atoms in total. The van der Waals surface area contributed by atoms with Gasteiger partial charge in [-0.1, -0.05) is 127 Å². The van der Waals surface area contributed by atoms with Crippen molar-refractivity contribution >= 4 is 10.8 Å². The Hall–Kier alpha value is -6.12. The molecule has 1 spiro atoms. The van der Waals surface area contributed by atoms with E-state index in [0.29, 0.717) is 0 Å². The minimum Gasteiger partial charge on any atom is -0.264 e. The number of hydrogen-bond donors (Lipinski definition) is 0. The monoisotopic (exact) mass is 596 g/mol. The van der Waals surface area contributed by atoms with Gasteiger partial charge in [0.1, 0.15) is 0 Å².